The zero-order valence-corrected chi connectivity index (χ0v) is 12.6. The first-order valence-corrected chi connectivity index (χ1v) is 8.35. The molecule has 19 heavy (non-hydrogen) atoms. The fraction of sp³-hybridized carbons (Fsp3) is 1.00. The molecule has 0 spiro atoms. The molecule has 1 saturated carbocycles. The molecule has 0 aromatic rings. The van der Waals surface area contributed by atoms with Crippen molar-refractivity contribution in [1.82, 2.24) is 9.80 Å². The average Bonchev–Trinajstić information content (AvgIpc) is 2.88. The number of hydrogen-bond acceptors (Lipinski definition) is 3. The summed E-state index contributed by atoms with van der Waals surface area (Å²) in [5, 5.41) is 0. The molecule has 2 aliphatic heterocycles. The van der Waals surface area contributed by atoms with Gasteiger partial charge in [0.15, 0.2) is 0 Å². The fourth-order valence-corrected chi connectivity index (χ4v) is 4.90. The largest absolute Gasteiger partial charge is 0.330 e. The van der Waals surface area contributed by atoms with Crippen molar-refractivity contribution in [2.45, 2.75) is 51.0 Å². The molecule has 2 unspecified atom stereocenters. The summed E-state index contributed by atoms with van der Waals surface area (Å²) in [7, 11) is 2.32. The van der Waals surface area contributed by atoms with E-state index in [1.807, 2.05) is 0 Å². The maximum atomic E-state index is 6.10. The van der Waals surface area contributed by atoms with Crippen LogP contribution in [0, 0.1) is 11.3 Å². The number of rotatable bonds is 3. The average molecular weight is 265 g/mol. The number of likely N-dealkylation sites (tertiary alicyclic amines) is 2. The van der Waals surface area contributed by atoms with E-state index in [2.05, 4.69) is 16.8 Å². The van der Waals surface area contributed by atoms with Gasteiger partial charge in [0, 0.05) is 19.1 Å². The van der Waals surface area contributed by atoms with Crippen LogP contribution in [-0.4, -0.2) is 55.6 Å². The Morgan fingerprint density at radius 2 is 1.89 bits per heavy atom. The molecule has 3 aliphatic rings. The standard InChI is InChI=1S/C16H31N3/c1-18-9-4-5-14-11-19(10-6-15(14)18)13-16(12-17)7-2-3-8-16/h14-15H,2-13,17H2,1H3. The second-order valence-corrected chi connectivity index (χ2v) is 7.39. The van der Waals surface area contributed by atoms with Crippen molar-refractivity contribution in [3.05, 3.63) is 0 Å². The lowest BCUT2D eigenvalue weighted by molar-refractivity contribution is 0.0209. The molecule has 3 fully saturated rings. The van der Waals surface area contributed by atoms with Crippen LogP contribution in [0.2, 0.25) is 0 Å². The van der Waals surface area contributed by atoms with Gasteiger partial charge in [-0.1, -0.05) is 12.8 Å². The van der Waals surface area contributed by atoms with Crippen molar-refractivity contribution in [2.75, 3.05) is 39.8 Å². The summed E-state index contributed by atoms with van der Waals surface area (Å²) in [6, 6.07) is 0.863. The predicted octanol–water partition coefficient (Wildman–Crippen LogP) is 1.92. The summed E-state index contributed by atoms with van der Waals surface area (Å²) >= 11 is 0. The highest BCUT2D eigenvalue weighted by molar-refractivity contribution is 4.93. The third-order valence-electron chi connectivity index (χ3n) is 6.09. The lowest BCUT2D eigenvalue weighted by Gasteiger charge is -2.47. The van der Waals surface area contributed by atoms with E-state index >= 15 is 0 Å². The highest BCUT2D eigenvalue weighted by Gasteiger charge is 2.39. The predicted molar refractivity (Wildman–Crippen MR) is 80.2 cm³/mol. The minimum absolute atomic E-state index is 0.466. The molecule has 0 bridgehead atoms. The van der Waals surface area contributed by atoms with Gasteiger partial charge in [0.1, 0.15) is 0 Å². The minimum Gasteiger partial charge on any atom is -0.330 e. The second-order valence-electron chi connectivity index (χ2n) is 7.39. The number of piperidine rings is 2. The summed E-state index contributed by atoms with van der Waals surface area (Å²) in [5.74, 6) is 0.920. The van der Waals surface area contributed by atoms with E-state index in [1.54, 1.807) is 0 Å². The Labute approximate surface area is 118 Å². The van der Waals surface area contributed by atoms with Gasteiger partial charge in [-0.2, -0.15) is 0 Å². The monoisotopic (exact) mass is 265 g/mol. The van der Waals surface area contributed by atoms with Crippen molar-refractivity contribution in [2.24, 2.45) is 17.1 Å². The number of nitrogens with two attached hydrogens (primary N) is 1. The molecule has 0 amide bonds. The van der Waals surface area contributed by atoms with E-state index in [9.17, 15) is 0 Å². The Hall–Kier alpha value is -0.120. The van der Waals surface area contributed by atoms with Crippen LogP contribution in [0.1, 0.15) is 44.9 Å². The van der Waals surface area contributed by atoms with E-state index in [-0.39, 0.29) is 0 Å². The lowest BCUT2D eigenvalue weighted by Crippen LogP contribution is -2.54. The summed E-state index contributed by atoms with van der Waals surface area (Å²) in [6.07, 6.45) is 9.76. The highest BCUT2D eigenvalue weighted by Crippen LogP contribution is 2.39. The zero-order chi connectivity index (χ0) is 13.3. The molecule has 2 atom stereocenters. The molecule has 110 valence electrons. The molecule has 1 aliphatic carbocycles. The van der Waals surface area contributed by atoms with Gasteiger partial charge >= 0.3 is 0 Å². The van der Waals surface area contributed by atoms with Gasteiger partial charge < -0.3 is 15.5 Å². The molecule has 2 saturated heterocycles. The van der Waals surface area contributed by atoms with Crippen LogP contribution in [0.5, 0.6) is 0 Å². The molecule has 0 aromatic carbocycles. The molecule has 2 heterocycles. The van der Waals surface area contributed by atoms with Crippen LogP contribution in [0.25, 0.3) is 0 Å². The minimum atomic E-state index is 0.466. The van der Waals surface area contributed by atoms with Crippen LogP contribution >= 0.6 is 0 Å². The number of hydrogen-bond donors (Lipinski definition) is 1. The summed E-state index contributed by atoms with van der Waals surface area (Å²) in [4.78, 5) is 5.36. The molecule has 3 heteroatoms. The van der Waals surface area contributed by atoms with E-state index in [0.29, 0.717) is 5.41 Å². The summed E-state index contributed by atoms with van der Waals surface area (Å²) in [5.41, 5.74) is 6.57. The van der Waals surface area contributed by atoms with E-state index < -0.39 is 0 Å². The molecule has 3 nitrogen and oxygen atoms in total. The quantitative estimate of drug-likeness (QED) is 0.846. The molecule has 3 rings (SSSR count). The third-order valence-corrected chi connectivity index (χ3v) is 6.09. The first-order valence-electron chi connectivity index (χ1n) is 8.35. The first kappa shape index (κ1) is 13.8. The molecule has 0 aromatic heterocycles. The van der Waals surface area contributed by atoms with Crippen molar-refractivity contribution < 1.29 is 0 Å². The molecular weight excluding hydrogens is 234 g/mol. The van der Waals surface area contributed by atoms with Crippen LogP contribution in [-0.2, 0) is 0 Å². The maximum absolute atomic E-state index is 6.10. The lowest BCUT2D eigenvalue weighted by atomic mass is 9.81. The van der Waals surface area contributed by atoms with Crippen LogP contribution in [0.3, 0.4) is 0 Å². The molecule has 0 radical (unpaired) electrons. The Morgan fingerprint density at radius 1 is 1.11 bits per heavy atom. The number of fused-ring (bicyclic) bond motifs is 1. The Bertz CT molecular complexity index is 298. The Balaban J connectivity index is 1.58. The van der Waals surface area contributed by atoms with Crippen LogP contribution in [0.4, 0.5) is 0 Å². The van der Waals surface area contributed by atoms with Gasteiger partial charge in [-0.25, -0.2) is 0 Å². The topological polar surface area (TPSA) is 32.5 Å². The van der Waals surface area contributed by atoms with Crippen LogP contribution < -0.4 is 5.73 Å². The van der Waals surface area contributed by atoms with Gasteiger partial charge in [0.2, 0.25) is 0 Å². The molecule has 2 N–H and O–H groups in total. The van der Waals surface area contributed by atoms with Gasteiger partial charge in [-0.05, 0) is 70.1 Å². The van der Waals surface area contributed by atoms with Crippen molar-refractivity contribution in [3.8, 4) is 0 Å². The Morgan fingerprint density at radius 3 is 2.63 bits per heavy atom. The van der Waals surface area contributed by atoms with Gasteiger partial charge in [0.25, 0.3) is 0 Å². The van der Waals surface area contributed by atoms with E-state index in [4.69, 9.17) is 5.73 Å². The SMILES string of the molecule is CN1CCCC2CN(CC3(CN)CCCC3)CCC21. The van der Waals surface area contributed by atoms with Crippen molar-refractivity contribution in [1.29, 1.82) is 0 Å². The van der Waals surface area contributed by atoms with Crippen molar-refractivity contribution >= 4 is 0 Å². The van der Waals surface area contributed by atoms with Gasteiger partial charge in [-0.15, -0.1) is 0 Å². The smallest absolute Gasteiger partial charge is 0.0145 e. The Kier molecular flexibility index (Phi) is 4.16. The first-order chi connectivity index (χ1) is 9.22. The maximum Gasteiger partial charge on any atom is 0.0145 e. The normalized spacial score (nSPS) is 36.3. The van der Waals surface area contributed by atoms with Gasteiger partial charge in [-0.3, -0.25) is 0 Å². The van der Waals surface area contributed by atoms with Crippen LogP contribution in [0.15, 0.2) is 0 Å². The van der Waals surface area contributed by atoms with Crippen molar-refractivity contribution in [3.63, 3.8) is 0 Å². The third kappa shape index (κ3) is 2.84. The van der Waals surface area contributed by atoms with E-state index in [0.717, 1.165) is 18.5 Å². The van der Waals surface area contributed by atoms with Gasteiger partial charge in [0.05, 0.1) is 0 Å². The second kappa shape index (κ2) is 5.71. The fourth-order valence-electron chi connectivity index (χ4n) is 4.90. The molecular formula is C16H31N3. The zero-order valence-electron chi connectivity index (χ0n) is 12.6. The highest BCUT2D eigenvalue weighted by atomic mass is 15.2. The van der Waals surface area contributed by atoms with E-state index in [1.165, 1.54) is 71.1 Å². The summed E-state index contributed by atoms with van der Waals surface area (Å²) in [6.45, 7) is 6.12. The number of nitrogens with zero attached hydrogens (tertiary/aromatic N) is 2. The summed E-state index contributed by atoms with van der Waals surface area (Å²) < 4.78 is 0.